The van der Waals surface area contributed by atoms with Gasteiger partial charge < -0.3 is 10.2 Å². The molecule has 2 aliphatic heterocycles. The standard InChI is InChI=1S/C16H17N3O2S/c1-16-7-6-14(20)19(16)13(10-22-16)15(21)18-9-12-4-2-11(8-17)3-5-12/h2-5,13H,6-7,9-10H2,1H3,(H,18,21). The van der Waals surface area contributed by atoms with Crippen LogP contribution in [-0.4, -0.2) is 33.4 Å². The van der Waals surface area contributed by atoms with Gasteiger partial charge in [-0.1, -0.05) is 12.1 Å². The highest BCUT2D eigenvalue weighted by Crippen LogP contribution is 2.47. The van der Waals surface area contributed by atoms with Crippen molar-refractivity contribution in [1.82, 2.24) is 10.2 Å². The molecule has 1 N–H and O–H groups in total. The lowest BCUT2D eigenvalue weighted by atomic mass is 10.1. The highest BCUT2D eigenvalue weighted by molar-refractivity contribution is 8.01. The Hall–Kier alpha value is -2.00. The van der Waals surface area contributed by atoms with E-state index in [1.807, 2.05) is 19.1 Å². The summed E-state index contributed by atoms with van der Waals surface area (Å²) in [5.41, 5.74) is 1.54. The largest absolute Gasteiger partial charge is 0.350 e. The maximum absolute atomic E-state index is 12.4. The van der Waals surface area contributed by atoms with Gasteiger partial charge in [0.05, 0.1) is 16.5 Å². The molecular weight excluding hydrogens is 298 g/mol. The SMILES string of the molecule is CC12CCC(=O)N1C(C(=O)NCc1ccc(C#N)cc1)CS2. The number of nitrogens with zero attached hydrogens (tertiary/aromatic N) is 2. The van der Waals surface area contributed by atoms with Crippen molar-refractivity contribution in [3.05, 3.63) is 35.4 Å². The van der Waals surface area contributed by atoms with Crippen LogP contribution in [0.1, 0.15) is 30.9 Å². The van der Waals surface area contributed by atoms with E-state index in [4.69, 9.17) is 5.26 Å². The molecule has 3 rings (SSSR count). The summed E-state index contributed by atoms with van der Waals surface area (Å²) in [4.78, 5) is 26.0. The smallest absolute Gasteiger partial charge is 0.243 e. The van der Waals surface area contributed by atoms with Crippen molar-refractivity contribution in [3.8, 4) is 6.07 Å². The third-order valence-corrected chi connectivity index (χ3v) is 5.80. The summed E-state index contributed by atoms with van der Waals surface area (Å²) in [5.74, 6) is 0.628. The summed E-state index contributed by atoms with van der Waals surface area (Å²) < 4.78 is 0. The molecular formula is C16H17N3O2S. The normalized spacial score (nSPS) is 26.6. The van der Waals surface area contributed by atoms with Crippen LogP contribution >= 0.6 is 11.8 Å². The highest BCUT2D eigenvalue weighted by atomic mass is 32.2. The minimum atomic E-state index is -0.372. The van der Waals surface area contributed by atoms with E-state index in [0.717, 1.165) is 12.0 Å². The zero-order valence-corrected chi connectivity index (χ0v) is 13.2. The summed E-state index contributed by atoms with van der Waals surface area (Å²) in [6.07, 6.45) is 1.35. The Labute approximate surface area is 133 Å². The van der Waals surface area contributed by atoms with Gasteiger partial charge in [-0.15, -0.1) is 11.8 Å². The molecule has 5 nitrogen and oxygen atoms in total. The van der Waals surface area contributed by atoms with Crippen LogP contribution in [0.4, 0.5) is 0 Å². The third kappa shape index (κ3) is 2.57. The number of carbonyl (C=O) groups is 2. The Balaban J connectivity index is 1.63. The molecule has 1 aromatic carbocycles. The van der Waals surface area contributed by atoms with Crippen LogP contribution in [0.25, 0.3) is 0 Å². The molecule has 1 aromatic rings. The zero-order valence-electron chi connectivity index (χ0n) is 12.3. The van der Waals surface area contributed by atoms with Crippen LogP contribution in [0.2, 0.25) is 0 Å². The van der Waals surface area contributed by atoms with Crippen LogP contribution in [-0.2, 0) is 16.1 Å². The lowest BCUT2D eigenvalue weighted by Crippen LogP contribution is -2.49. The maximum atomic E-state index is 12.4. The number of nitrogens with one attached hydrogen (secondary N) is 1. The van der Waals surface area contributed by atoms with Crippen molar-refractivity contribution in [3.63, 3.8) is 0 Å². The summed E-state index contributed by atoms with van der Waals surface area (Å²) in [7, 11) is 0. The molecule has 0 aliphatic carbocycles. The number of amides is 2. The zero-order chi connectivity index (χ0) is 15.7. The second-order valence-corrected chi connectivity index (χ2v) is 7.29. The fourth-order valence-electron chi connectivity index (χ4n) is 3.02. The van der Waals surface area contributed by atoms with Crippen molar-refractivity contribution in [2.45, 2.75) is 37.2 Å². The summed E-state index contributed by atoms with van der Waals surface area (Å²) in [6, 6.07) is 8.81. The van der Waals surface area contributed by atoms with Crippen LogP contribution < -0.4 is 5.32 Å². The van der Waals surface area contributed by atoms with Gasteiger partial charge >= 0.3 is 0 Å². The number of carbonyl (C=O) groups excluding carboxylic acids is 2. The van der Waals surface area contributed by atoms with Crippen LogP contribution in [0, 0.1) is 11.3 Å². The van der Waals surface area contributed by atoms with Crippen molar-refractivity contribution in [2.24, 2.45) is 0 Å². The molecule has 0 spiro atoms. The molecule has 2 amide bonds. The molecule has 2 heterocycles. The molecule has 0 aromatic heterocycles. The lowest BCUT2D eigenvalue weighted by Gasteiger charge is -2.29. The molecule has 2 unspecified atom stereocenters. The predicted octanol–water partition coefficient (Wildman–Crippen LogP) is 1.63. The summed E-state index contributed by atoms with van der Waals surface area (Å²) in [5, 5.41) is 11.7. The number of fused-ring (bicyclic) bond motifs is 1. The number of nitriles is 1. The number of benzene rings is 1. The Bertz CT molecular complexity index is 652. The Kier molecular flexibility index (Phi) is 3.83. The first-order chi connectivity index (χ1) is 10.5. The van der Waals surface area contributed by atoms with Gasteiger partial charge in [0.2, 0.25) is 11.8 Å². The molecule has 6 heteroatoms. The summed E-state index contributed by atoms with van der Waals surface area (Å²) >= 11 is 1.69. The summed E-state index contributed by atoms with van der Waals surface area (Å²) in [6.45, 7) is 2.45. The molecule has 0 saturated carbocycles. The van der Waals surface area contributed by atoms with Crippen LogP contribution in [0.3, 0.4) is 0 Å². The average Bonchev–Trinajstić information content (AvgIpc) is 3.02. The van der Waals surface area contributed by atoms with Gasteiger partial charge in [-0.05, 0) is 31.0 Å². The van der Waals surface area contributed by atoms with Gasteiger partial charge in [-0.25, -0.2) is 0 Å². The first-order valence-corrected chi connectivity index (χ1v) is 8.25. The van der Waals surface area contributed by atoms with E-state index in [-0.39, 0.29) is 22.7 Å². The van der Waals surface area contributed by atoms with Gasteiger partial charge in [0.1, 0.15) is 6.04 Å². The monoisotopic (exact) mass is 315 g/mol. The lowest BCUT2D eigenvalue weighted by molar-refractivity contribution is -0.138. The van der Waals surface area contributed by atoms with Crippen molar-refractivity contribution < 1.29 is 9.59 Å². The van der Waals surface area contributed by atoms with Gasteiger partial charge in [0.25, 0.3) is 0 Å². The van der Waals surface area contributed by atoms with E-state index < -0.39 is 0 Å². The van der Waals surface area contributed by atoms with Crippen LogP contribution in [0.15, 0.2) is 24.3 Å². The van der Waals surface area contributed by atoms with Gasteiger partial charge in [0.15, 0.2) is 0 Å². The van der Waals surface area contributed by atoms with Crippen molar-refractivity contribution in [1.29, 1.82) is 5.26 Å². The van der Waals surface area contributed by atoms with Gasteiger partial charge in [-0.3, -0.25) is 9.59 Å². The fourth-order valence-corrected chi connectivity index (χ4v) is 4.45. The first kappa shape index (κ1) is 14.9. The van der Waals surface area contributed by atoms with E-state index in [9.17, 15) is 9.59 Å². The number of hydrogen-bond donors (Lipinski definition) is 1. The second kappa shape index (κ2) is 5.65. The number of rotatable bonds is 3. The Morgan fingerprint density at radius 1 is 1.50 bits per heavy atom. The van der Waals surface area contributed by atoms with E-state index in [1.54, 1.807) is 28.8 Å². The molecule has 2 saturated heterocycles. The van der Waals surface area contributed by atoms with E-state index >= 15 is 0 Å². The predicted molar refractivity (Wildman–Crippen MR) is 83.7 cm³/mol. The fraction of sp³-hybridized carbons (Fsp3) is 0.438. The van der Waals surface area contributed by atoms with E-state index in [1.165, 1.54) is 0 Å². The molecule has 2 atom stereocenters. The van der Waals surface area contributed by atoms with E-state index in [2.05, 4.69) is 11.4 Å². The number of hydrogen-bond acceptors (Lipinski definition) is 4. The van der Waals surface area contributed by atoms with Crippen molar-refractivity contribution >= 4 is 23.6 Å². The first-order valence-electron chi connectivity index (χ1n) is 7.26. The third-order valence-electron chi connectivity index (χ3n) is 4.30. The number of thioether (sulfide) groups is 1. The van der Waals surface area contributed by atoms with Crippen molar-refractivity contribution in [2.75, 3.05) is 5.75 Å². The minimum absolute atomic E-state index is 0.0750. The molecule has 0 radical (unpaired) electrons. The minimum Gasteiger partial charge on any atom is -0.350 e. The van der Waals surface area contributed by atoms with Crippen LogP contribution in [0.5, 0.6) is 0 Å². The quantitative estimate of drug-likeness (QED) is 0.920. The highest BCUT2D eigenvalue weighted by Gasteiger charge is 2.52. The topological polar surface area (TPSA) is 73.2 Å². The van der Waals surface area contributed by atoms with Gasteiger partial charge in [0, 0.05) is 18.7 Å². The Morgan fingerprint density at radius 3 is 2.91 bits per heavy atom. The molecule has 2 fully saturated rings. The maximum Gasteiger partial charge on any atom is 0.243 e. The second-order valence-electron chi connectivity index (χ2n) is 5.79. The van der Waals surface area contributed by atoms with Gasteiger partial charge in [-0.2, -0.15) is 5.26 Å². The molecule has 0 bridgehead atoms. The molecule has 22 heavy (non-hydrogen) atoms. The molecule has 2 aliphatic rings. The average molecular weight is 315 g/mol. The van der Waals surface area contributed by atoms with E-state index in [0.29, 0.717) is 24.3 Å². The molecule has 114 valence electrons. The Morgan fingerprint density at radius 2 is 2.23 bits per heavy atom.